The van der Waals surface area contributed by atoms with Crippen molar-refractivity contribution in [2.24, 2.45) is 0 Å². The lowest BCUT2D eigenvalue weighted by Crippen LogP contribution is -2.31. The van der Waals surface area contributed by atoms with Crippen LogP contribution in [0.2, 0.25) is 0 Å². The number of methoxy groups -OCH3 is 1. The Balaban J connectivity index is 1.86. The van der Waals surface area contributed by atoms with Gasteiger partial charge in [0.25, 0.3) is 11.8 Å². The smallest absolute Gasteiger partial charge is 0.337 e. The van der Waals surface area contributed by atoms with Crippen LogP contribution in [0, 0.1) is 0 Å². The van der Waals surface area contributed by atoms with E-state index in [0.29, 0.717) is 11.3 Å². The molecule has 2 aromatic rings. The van der Waals surface area contributed by atoms with Crippen molar-refractivity contribution in [1.29, 1.82) is 0 Å². The highest BCUT2D eigenvalue weighted by Crippen LogP contribution is 2.25. The van der Waals surface area contributed by atoms with Gasteiger partial charge in [-0.1, -0.05) is 42.5 Å². The number of carbonyl (C=O) groups excluding carboxylic acids is 3. The quantitative estimate of drug-likeness (QED) is 0.560. The second kappa shape index (κ2) is 9.90. The number of carbonyl (C=O) groups is 3. The highest BCUT2D eigenvalue weighted by atomic mass is 16.5. The number of hydrogen-bond acceptors (Lipinski definition) is 6. The predicted molar refractivity (Wildman–Crippen MR) is 115 cm³/mol. The van der Waals surface area contributed by atoms with Crippen LogP contribution in [0.5, 0.6) is 0 Å². The monoisotopic (exact) mass is 423 g/mol. The van der Waals surface area contributed by atoms with Gasteiger partial charge in [0.15, 0.2) is 0 Å². The number of anilines is 1. The van der Waals surface area contributed by atoms with Crippen LogP contribution in [0.3, 0.4) is 0 Å². The van der Waals surface area contributed by atoms with E-state index < -0.39 is 11.9 Å². The van der Waals surface area contributed by atoms with Crippen molar-refractivity contribution in [3.05, 3.63) is 77.0 Å². The Labute approximate surface area is 180 Å². The number of para-hydroxylation sites is 1. The molecule has 0 spiro atoms. The summed E-state index contributed by atoms with van der Waals surface area (Å²) in [5, 5.41) is 15.1. The molecule has 0 fully saturated rings. The Hall–Kier alpha value is -3.65. The molecule has 8 nitrogen and oxygen atoms in total. The number of esters is 1. The minimum atomic E-state index is -0.643. The standard InChI is InChI=1S/C23H25N3O5/c1-15(16-8-4-3-5-9-16)24-21(28)17-10-6-7-11-19(17)25-20-18(23(30)31-2)14-26(12-13-27)22(20)29/h3-11,15,25,27H,12-14H2,1-2H3,(H,24,28). The number of aliphatic hydroxyl groups is 1. The van der Waals surface area contributed by atoms with Gasteiger partial charge in [0.2, 0.25) is 0 Å². The average molecular weight is 423 g/mol. The van der Waals surface area contributed by atoms with Crippen LogP contribution in [0.1, 0.15) is 28.9 Å². The molecule has 1 heterocycles. The Morgan fingerprint density at radius 1 is 1.13 bits per heavy atom. The summed E-state index contributed by atoms with van der Waals surface area (Å²) in [5.41, 5.74) is 1.86. The first-order chi connectivity index (χ1) is 15.0. The first-order valence-electron chi connectivity index (χ1n) is 9.89. The van der Waals surface area contributed by atoms with E-state index in [1.807, 2.05) is 37.3 Å². The molecule has 2 amide bonds. The molecule has 0 saturated carbocycles. The number of β-amino-alcohol motifs (C(OH)–C–C–N with tert-alkyl or cyclic N) is 1. The number of amides is 2. The van der Waals surface area contributed by atoms with E-state index in [1.54, 1.807) is 24.3 Å². The maximum Gasteiger partial charge on any atom is 0.337 e. The summed E-state index contributed by atoms with van der Waals surface area (Å²) in [6.45, 7) is 1.76. The third-order valence-corrected chi connectivity index (χ3v) is 5.03. The molecule has 1 atom stereocenters. The average Bonchev–Trinajstić information content (AvgIpc) is 3.09. The van der Waals surface area contributed by atoms with E-state index in [9.17, 15) is 19.5 Å². The van der Waals surface area contributed by atoms with Gasteiger partial charge < -0.3 is 25.4 Å². The van der Waals surface area contributed by atoms with Gasteiger partial charge >= 0.3 is 5.97 Å². The van der Waals surface area contributed by atoms with Crippen LogP contribution in [0.25, 0.3) is 0 Å². The molecule has 0 aromatic heterocycles. The second-order valence-electron chi connectivity index (χ2n) is 7.07. The zero-order valence-corrected chi connectivity index (χ0v) is 17.4. The molecule has 2 aromatic carbocycles. The summed E-state index contributed by atoms with van der Waals surface area (Å²) < 4.78 is 4.80. The molecule has 0 radical (unpaired) electrons. The largest absolute Gasteiger partial charge is 0.466 e. The Morgan fingerprint density at radius 3 is 2.48 bits per heavy atom. The summed E-state index contributed by atoms with van der Waals surface area (Å²) >= 11 is 0. The molecule has 0 bridgehead atoms. The summed E-state index contributed by atoms with van der Waals surface area (Å²) in [7, 11) is 1.23. The summed E-state index contributed by atoms with van der Waals surface area (Å²) in [4.78, 5) is 39.2. The topological polar surface area (TPSA) is 108 Å². The van der Waals surface area contributed by atoms with Crippen molar-refractivity contribution in [3.8, 4) is 0 Å². The van der Waals surface area contributed by atoms with Crippen LogP contribution in [0.4, 0.5) is 5.69 Å². The minimum Gasteiger partial charge on any atom is -0.466 e. The summed E-state index contributed by atoms with van der Waals surface area (Å²) in [6.07, 6.45) is 0. The van der Waals surface area contributed by atoms with E-state index >= 15 is 0 Å². The van der Waals surface area contributed by atoms with Gasteiger partial charge in [0.05, 0.1) is 43.1 Å². The summed E-state index contributed by atoms with van der Waals surface area (Å²) in [6, 6.07) is 16.1. The van der Waals surface area contributed by atoms with Crippen LogP contribution in [-0.4, -0.2) is 54.6 Å². The maximum absolute atomic E-state index is 13.0. The SMILES string of the molecule is COC(=O)C1=C(Nc2ccccc2C(=O)NC(C)c2ccccc2)C(=O)N(CCO)C1. The Morgan fingerprint density at radius 2 is 1.81 bits per heavy atom. The number of benzene rings is 2. The summed E-state index contributed by atoms with van der Waals surface area (Å²) in [5.74, 6) is -1.41. The van der Waals surface area contributed by atoms with Gasteiger partial charge in [-0.25, -0.2) is 4.79 Å². The molecule has 1 unspecified atom stereocenters. The first-order valence-corrected chi connectivity index (χ1v) is 9.89. The zero-order valence-electron chi connectivity index (χ0n) is 17.4. The van der Waals surface area contributed by atoms with Crippen molar-refractivity contribution in [1.82, 2.24) is 10.2 Å². The van der Waals surface area contributed by atoms with Crippen LogP contribution < -0.4 is 10.6 Å². The van der Waals surface area contributed by atoms with Gasteiger partial charge in [-0.2, -0.15) is 0 Å². The lowest BCUT2D eigenvalue weighted by molar-refractivity contribution is -0.136. The third kappa shape index (κ3) is 4.92. The van der Waals surface area contributed by atoms with Crippen molar-refractivity contribution in [3.63, 3.8) is 0 Å². The van der Waals surface area contributed by atoms with Gasteiger partial charge in [-0.05, 0) is 24.6 Å². The molecule has 0 aliphatic carbocycles. The second-order valence-corrected chi connectivity index (χ2v) is 7.07. The minimum absolute atomic E-state index is 0.0216. The highest BCUT2D eigenvalue weighted by Gasteiger charge is 2.35. The molecule has 1 aliphatic heterocycles. The van der Waals surface area contributed by atoms with E-state index in [4.69, 9.17) is 4.74 Å². The van der Waals surface area contributed by atoms with E-state index in [1.165, 1.54) is 12.0 Å². The molecule has 8 heteroatoms. The Bertz CT molecular complexity index is 1000. The number of nitrogens with one attached hydrogen (secondary N) is 2. The molecule has 3 N–H and O–H groups in total. The number of ether oxygens (including phenoxy) is 1. The third-order valence-electron chi connectivity index (χ3n) is 5.03. The molecular formula is C23H25N3O5. The molecular weight excluding hydrogens is 398 g/mol. The van der Waals surface area contributed by atoms with Gasteiger partial charge in [-0.3, -0.25) is 9.59 Å². The molecule has 0 saturated heterocycles. The first kappa shape index (κ1) is 22.0. The predicted octanol–water partition coefficient (Wildman–Crippen LogP) is 1.85. The van der Waals surface area contributed by atoms with Crippen molar-refractivity contribution >= 4 is 23.5 Å². The lowest BCUT2D eigenvalue weighted by atomic mass is 10.1. The fraction of sp³-hybridized carbons (Fsp3) is 0.261. The normalized spacial score (nSPS) is 14.4. The van der Waals surface area contributed by atoms with Gasteiger partial charge in [0.1, 0.15) is 5.70 Å². The number of rotatable bonds is 8. The number of hydrogen-bond donors (Lipinski definition) is 3. The molecule has 162 valence electrons. The zero-order chi connectivity index (χ0) is 22.4. The van der Waals surface area contributed by atoms with Crippen LogP contribution >= 0.6 is 0 Å². The van der Waals surface area contributed by atoms with Gasteiger partial charge in [0, 0.05) is 6.54 Å². The van der Waals surface area contributed by atoms with Crippen LogP contribution in [0.15, 0.2) is 65.9 Å². The van der Waals surface area contributed by atoms with E-state index in [2.05, 4.69) is 10.6 Å². The van der Waals surface area contributed by atoms with Crippen molar-refractivity contribution in [2.45, 2.75) is 13.0 Å². The maximum atomic E-state index is 13.0. The number of aliphatic hydroxyl groups excluding tert-OH is 1. The molecule has 31 heavy (non-hydrogen) atoms. The molecule has 3 rings (SSSR count). The lowest BCUT2D eigenvalue weighted by Gasteiger charge is -2.18. The van der Waals surface area contributed by atoms with Crippen molar-refractivity contribution < 1.29 is 24.2 Å². The van der Waals surface area contributed by atoms with E-state index in [-0.39, 0.29) is 42.9 Å². The highest BCUT2D eigenvalue weighted by molar-refractivity contribution is 6.10. The van der Waals surface area contributed by atoms with E-state index in [0.717, 1.165) is 5.56 Å². The fourth-order valence-corrected chi connectivity index (χ4v) is 3.37. The Kier molecular flexibility index (Phi) is 7.04. The van der Waals surface area contributed by atoms with Crippen molar-refractivity contribution in [2.75, 3.05) is 32.1 Å². The molecule has 1 aliphatic rings. The number of nitrogens with zero attached hydrogens (tertiary/aromatic N) is 1. The van der Waals surface area contributed by atoms with Crippen LogP contribution in [-0.2, 0) is 14.3 Å². The fourth-order valence-electron chi connectivity index (χ4n) is 3.37. The van der Waals surface area contributed by atoms with Gasteiger partial charge in [-0.15, -0.1) is 0 Å².